The van der Waals surface area contributed by atoms with E-state index < -0.39 is 0 Å². The molecule has 0 radical (unpaired) electrons. The lowest BCUT2D eigenvalue weighted by Crippen LogP contribution is -2.10. The number of hydrogen-bond donors (Lipinski definition) is 0. The van der Waals surface area contributed by atoms with Gasteiger partial charge in [0.25, 0.3) is 0 Å². The van der Waals surface area contributed by atoms with Gasteiger partial charge in [-0.15, -0.1) is 10.2 Å². The van der Waals surface area contributed by atoms with Gasteiger partial charge in [-0.2, -0.15) is 0 Å². The van der Waals surface area contributed by atoms with E-state index in [0.29, 0.717) is 11.8 Å². The Morgan fingerprint density at radius 3 is 1.78 bits per heavy atom. The molecule has 242 valence electrons. The number of hydrogen-bond acceptors (Lipinski definition) is 4. The number of allylic oxidation sites excluding steroid dienone is 4. The number of nitrogens with zero attached hydrogens (tertiary/aromatic N) is 3. The third kappa shape index (κ3) is 6.31. The molecule has 7 aromatic rings. The molecule has 0 saturated heterocycles. The lowest BCUT2D eigenvalue weighted by Gasteiger charge is -2.28. The smallest absolute Gasteiger partial charge is 0.248 e. The number of anilines is 3. The molecular formula is C46H37N3O. The zero-order valence-electron chi connectivity index (χ0n) is 28.2. The van der Waals surface area contributed by atoms with E-state index in [9.17, 15) is 0 Å². The maximum absolute atomic E-state index is 6.03. The molecule has 1 heterocycles. The quantitative estimate of drug-likeness (QED) is 0.165. The highest BCUT2D eigenvalue weighted by Gasteiger charge is 2.23. The average Bonchev–Trinajstić information content (AvgIpc) is 3.67. The van der Waals surface area contributed by atoms with E-state index in [1.807, 2.05) is 30.3 Å². The first-order valence-corrected chi connectivity index (χ1v) is 17.1. The Morgan fingerprint density at radius 1 is 0.540 bits per heavy atom. The minimum absolute atomic E-state index is 0.218. The zero-order valence-corrected chi connectivity index (χ0v) is 28.2. The highest BCUT2D eigenvalue weighted by molar-refractivity contribution is 5.82. The van der Waals surface area contributed by atoms with Gasteiger partial charge in [0.1, 0.15) is 0 Å². The molecule has 1 aliphatic carbocycles. The van der Waals surface area contributed by atoms with E-state index in [-0.39, 0.29) is 5.92 Å². The summed E-state index contributed by atoms with van der Waals surface area (Å²) in [5.41, 5.74) is 13.9. The summed E-state index contributed by atoms with van der Waals surface area (Å²) in [6.07, 6.45) is 7.68. The van der Waals surface area contributed by atoms with Crippen molar-refractivity contribution in [3.8, 4) is 34.0 Å². The summed E-state index contributed by atoms with van der Waals surface area (Å²) in [6.45, 7) is 4.29. The molecule has 4 nitrogen and oxygen atoms in total. The summed E-state index contributed by atoms with van der Waals surface area (Å²) in [6, 6.07) is 53.5. The minimum Gasteiger partial charge on any atom is -0.416 e. The highest BCUT2D eigenvalue weighted by atomic mass is 16.4. The highest BCUT2D eigenvalue weighted by Crippen LogP contribution is 2.43. The van der Waals surface area contributed by atoms with Crippen LogP contribution < -0.4 is 4.90 Å². The molecule has 0 saturated carbocycles. The summed E-state index contributed by atoms with van der Waals surface area (Å²) in [5, 5.41) is 8.60. The van der Waals surface area contributed by atoms with Crippen molar-refractivity contribution in [2.24, 2.45) is 0 Å². The Bertz CT molecular complexity index is 2270. The largest absolute Gasteiger partial charge is 0.416 e. The van der Waals surface area contributed by atoms with Crippen molar-refractivity contribution in [3.63, 3.8) is 0 Å². The van der Waals surface area contributed by atoms with E-state index in [4.69, 9.17) is 4.42 Å². The Kier molecular flexibility index (Phi) is 8.50. The van der Waals surface area contributed by atoms with Crippen LogP contribution in [0.1, 0.15) is 34.6 Å². The second-order valence-electron chi connectivity index (χ2n) is 12.8. The molecule has 8 rings (SSSR count). The van der Waals surface area contributed by atoms with E-state index in [1.54, 1.807) is 0 Å². The van der Waals surface area contributed by atoms with Crippen LogP contribution in [0.5, 0.6) is 0 Å². The fraction of sp³-hybridized carbons (Fsp3) is 0.0870. The maximum Gasteiger partial charge on any atom is 0.248 e. The van der Waals surface area contributed by atoms with Gasteiger partial charge >= 0.3 is 0 Å². The zero-order chi connectivity index (χ0) is 33.9. The molecule has 0 spiro atoms. The van der Waals surface area contributed by atoms with Gasteiger partial charge in [-0.05, 0) is 120 Å². The van der Waals surface area contributed by atoms with Crippen molar-refractivity contribution in [1.82, 2.24) is 10.2 Å². The summed E-state index contributed by atoms with van der Waals surface area (Å²) in [5.74, 6) is 1.25. The van der Waals surface area contributed by atoms with Gasteiger partial charge in [-0.3, -0.25) is 0 Å². The molecule has 6 aromatic carbocycles. The first-order valence-electron chi connectivity index (χ1n) is 17.1. The van der Waals surface area contributed by atoms with Crippen LogP contribution in [0.4, 0.5) is 17.1 Å². The SMILES string of the molecule is Cc1cccc(N(c2ccc(C3=CC=CCC3c3ccccc3-c3ccc(-c4nnc(-c5ccccc5)o4)cc3)cc2)c2cccc(C)c2)c1. The molecule has 1 aliphatic rings. The van der Waals surface area contributed by atoms with Crippen LogP contribution in [0, 0.1) is 13.8 Å². The van der Waals surface area contributed by atoms with Crippen molar-refractivity contribution >= 4 is 22.6 Å². The fourth-order valence-corrected chi connectivity index (χ4v) is 6.90. The van der Waals surface area contributed by atoms with Gasteiger partial charge in [-0.25, -0.2) is 0 Å². The first kappa shape index (κ1) is 31.0. The monoisotopic (exact) mass is 647 g/mol. The summed E-state index contributed by atoms with van der Waals surface area (Å²) in [7, 11) is 0. The molecule has 1 atom stereocenters. The molecule has 50 heavy (non-hydrogen) atoms. The van der Waals surface area contributed by atoms with Crippen LogP contribution in [0.3, 0.4) is 0 Å². The molecule has 4 heteroatoms. The Hall–Kier alpha value is -6.26. The Morgan fingerprint density at radius 2 is 1.12 bits per heavy atom. The van der Waals surface area contributed by atoms with E-state index in [0.717, 1.165) is 40.2 Å². The first-order chi connectivity index (χ1) is 24.6. The van der Waals surface area contributed by atoms with Crippen LogP contribution in [-0.2, 0) is 0 Å². The van der Waals surface area contributed by atoms with Crippen molar-refractivity contribution in [1.29, 1.82) is 0 Å². The average molecular weight is 648 g/mol. The van der Waals surface area contributed by atoms with Crippen LogP contribution in [-0.4, -0.2) is 10.2 Å². The van der Waals surface area contributed by atoms with E-state index in [2.05, 4.69) is 169 Å². The summed E-state index contributed by atoms with van der Waals surface area (Å²) < 4.78 is 6.03. The molecule has 0 amide bonds. The van der Waals surface area contributed by atoms with Crippen LogP contribution in [0.2, 0.25) is 0 Å². The van der Waals surface area contributed by atoms with Crippen molar-refractivity contribution in [2.75, 3.05) is 4.90 Å². The predicted molar refractivity (Wildman–Crippen MR) is 206 cm³/mol. The fourth-order valence-electron chi connectivity index (χ4n) is 6.90. The standard InChI is InChI=1S/C46H37N3O/c1-32-12-10-16-39(30-32)49(40-17-11-13-33(2)31-40)38-28-26-35(27-29-38)42-19-7-9-21-44(42)43-20-8-6-18-41(43)34-22-24-37(25-23-34)46-48-47-45(50-46)36-14-4-3-5-15-36/h3-20,22-31,44H,21H2,1-2H3. The molecule has 0 aliphatic heterocycles. The normalized spacial score (nSPS) is 14.0. The van der Waals surface area contributed by atoms with E-state index >= 15 is 0 Å². The second-order valence-corrected chi connectivity index (χ2v) is 12.8. The van der Waals surface area contributed by atoms with Crippen molar-refractivity contribution < 1.29 is 4.42 Å². The molecule has 0 bridgehead atoms. The summed E-state index contributed by atoms with van der Waals surface area (Å²) in [4.78, 5) is 2.34. The lowest BCUT2D eigenvalue weighted by molar-refractivity contribution is 0.584. The second kappa shape index (κ2) is 13.7. The number of aryl methyl sites for hydroxylation is 2. The van der Waals surface area contributed by atoms with Crippen molar-refractivity contribution in [2.45, 2.75) is 26.2 Å². The molecule has 0 N–H and O–H groups in total. The number of rotatable bonds is 8. The third-order valence-corrected chi connectivity index (χ3v) is 9.36. The molecule has 1 unspecified atom stereocenters. The molecule has 1 aromatic heterocycles. The minimum atomic E-state index is 0.218. The third-order valence-electron chi connectivity index (χ3n) is 9.36. The number of aromatic nitrogens is 2. The van der Waals surface area contributed by atoms with Crippen molar-refractivity contribution in [3.05, 3.63) is 192 Å². The van der Waals surface area contributed by atoms with Gasteiger partial charge in [0.2, 0.25) is 11.8 Å². The van der Waals surface area contributed by atoms with E-state index in [1.165, 1.54) is 33.4 Å². The maximum atomic E-state index is 6.03. The Balaban J connectivity index is 1.09. The van der Waals surface area contributed by atoms with Crippen LogP contribution in [0.15, 0.2) is 174 Å². The van der Waals surface area contributed by atoms with Gasteiger partial charge in [0.05, 0.1) is 0 Å². The number of benzene rings is 6. The van der Waals surface area contributed by atoms with Crippen LogP contribution in [0.25, 0.3) is 39.6 Å². The van der Waals surface area contributed by atoms with Gasteiger partial charge in [0.15, 0.2) is 0 Å². The lowest BCUT2D eigenvalue weighted by atomic mass is 9.79. The van der Waals surface area contributed by atoms with Gasteiger partial charge in [0, 0.05) is 34.1 Å². The summed E-state index contributed by atoms with van der Waals surface area (Å²) >= 11 is 0. The molecular weight excluding hydrogens is 611 g/mol. The Labute approximate surface area is 293 Å². The predicted octanol–water partition coefficient (Wildman–Crippen LogP) is 12.3. The van der Waals surface area contributed by atoms with Gasteiger partial charge in [-0.1, -0.05) is 109 Å². The van der Waals surface area contributed by atoms with Gasteiger partial charge < -0.3 is 9.32 Å². The topological polar surface area (TPSA) is 42.2 Å². The molecule has 0 fully saturated rings. The van der Waals surface area contributed by atoms with Crippen LogP contribution >= 0.6 is 0 Å².